The molecule has 2 aliphatic rings. The Labute approximate surface area is 282 Å². The lowest BCUT2D eigenvalue weighted by Crippen LogP contribution is -2.65. The molecule has 4 rings (SSSR count). The van der Waals surface area contributed by atoms with Gasteiger partial charge in [-0.05, 0) is 54.9 Å². The zero-order chi connectivity index (χ0) is 35.4. The molecular formula is C31H40N10O8. The smallest absolute Gasteiger partial charge is 0.407 e. The zero-order valence-corrected chi connectivity index (χ0v) is 27.2. The second kappa shape index (κ2) is 17.7. The summed E-state index contributed by atoms with van der Waals surface area (Å²) in [6.07, 6.45) is -10.1. The zero-order valence-electron chi connectivity index (χ0n) is 27.2. The summed E-state index contributed by atoms with van der Waals surface area (Å²) < 4.78 is 30.3. The van der Waals surface area contributed by atoms with Crippen LogP contribution in [-0.2, 0) is 36.9 Å². The van der Waals surface area contributed by atoms with Crippen molar-refractivity contribution in [1.82, 2.24) is 5.32 Å². The summed E-state index contributed by atoms with van der Waals surface area (Å²) >= 11 is 0. The molecule has 1 saturated carbocycles. The summed E-state index contributed by atoms with van der Waals surface area (Å²) in [7, 11) is 0. The first-order chi connectivity index (χ1) is 23.5. The lowest BCUT2D eigenvalue weighted by molar-refractivity contribution is -0.300. The maximum atomic E-state index is 12.5. The number of carbonyl (C=O) groups excluding carboxylic acids is 1. The van der Waals surface area contributed by atoms with Crippen molar-refractivity contribution in [3.8, 4) is 0 Å². The highest BCUT2D eigenvalue weighted by Crippen LogP contribution is 2.35. The molecule has 2 fully saturated rings. The van der Waals surface area contributed by atoms with Gasteiger partial charge in [-0.15, -0.1) is 0 Å². The van der Waals surface area contributed by atoms with Crippen LogP contribution < -0.4 is 5.32 Å². The fourth-order valence-corrected chi connectivity index (χ4v) is 5.68. The van der Waals surface area contributed by atoms with Gasteiger partial charge in [0.15, 0.2) is 6.29 Å². The van der Waals surface area contributed by atoms with Gasteiger partial charge in [0.25, 0.3) is 0 Å². The van der Waals surface area contributed by atoms with E-state index in [0.717, 1.165) is 11.1 Å². The van der Waals surface area contributed by atoms with Crippen LogP contribution in [-0.4, -0.2) is 89.5 Å². The molecule has 2 aromatic carbocycles. The first kappa shape index (κ1) is 37.2. The van der Waals surface area contributed by atoms with Crippen LogP contribution in [0.4, 0.5) is 4.79 Å². The minimum Gasteiger partial charge on any atom is -0.444 e. The second-order valence-corrected chi connectivity index (χ2v) is 12.5. The Balaban J connectivity index is 1.65. The molecule has 5 unspecified atom stereocenters. The maximum Gasteiger partial charge on any atom is 0.407 e. The number of benzene rings is 2. The number of hydrogen-bond donors (Lipinski definition) is 3. The van der Waals surface area contributed by atoms with Gasteiger partial charge < -0.3 is 39.2 Å². The van der Waals surface area contributed by atoms with Gasteiger partial charge >= 0.3 is 6.09 Å². The standard InChI is InChI=1S/C31H40N10O8/c1-31(2,3)49-30(44)36-20-14-21(37-40-33)26(25(43)24(20)42)48-29-23(38-41-34)28(46-17-19-12-8-5-9-13-19)27(22(47-29)15-35-39-32)45-16-18-10-6-4-7-11-18/h4-13,20-29,42-43H,14-17H2,1-3H3,(H,36,44)/t20-,21?,22?,23?,24?,25-,26?,27-,28+,29-/m1/s1. The molecule has 0 bridgehead atoms. The highest BCUT2D eigenvalue weighted by atomic mass is 16.7. The molecule has 49 heavy (non-hydrogen) atoms. The molecular weight excluding hydrogens is 640 g/mol. The quantitative estimate of drug-likeness (QED) is 0.148. The molecule has 0 spiro atoms. The number of rotatable bonds is 13. The van der Waals surface area contributed by atoms with Gasteiger partial charge in [-0.2, -0.15) is 0 Å². The van der Waals surface area contributed by atoms with E-state index >= 15 is 0 Å². The first-order valence-corrected chi connectivity index (χ1v) is 15.6. The summed E-state index contributed by atoms with van der Waals surface area (Å²) in [6, 6.07) is 15.0. The molecule has 1 amide bonds. The normalized spacial score (nSPS) is 29.7. The number of aliphatic hydroxyl groups is 2. The summed E-state index contributed by atoms with van der Waals surface area (Å²) in [4.78, 5) is 21.2. The number of carbonyl (C=O) groups is 1. The van der Waals surface area contributed by atoms with Crippen LogP contribution in [0.3, 0.4) is 0 Å². The van der Waals surface area contributed by atoms with E-state index < -0.39 is 72.7 Å². The number of aliphatic hydroxyl groups excluding tert-OH is 2. The van der Waals surface area contributed by atoms with Crippen molar-refractivity contribution in [1.29, 1.82) is 0 Å². The lowest BCUT2D eigenvalue weighted by Gasteiger charge is -2.47. The minimum atomic E-state index is -1.72. The van der Waals surface area contributed by atoms with E-state index in [1.807, 2.05) is 60.7 Å². The molecule has 18 nitrogen and oxygen atoms in total. The van der Waals surface area contributed by atoms with E-state index in [2.05, 4.69) is 35.4 Å². The predicted molar refractivity (Wildman–Crippen MR) is 173 cm³/mol. The highest BCUT2D eigenvalue weighted by Gasteiger charge is 2.52. The first-order valence-electron chi connectivity index (χ1n) is 15.6. The average Bonchev–Trinajstić information content (AvgIpc) is 3.07. The largest absolute Gasteiger partial charge is 0.444 e. The van der Waals surface area contributed by atoms with Crippen LogP contribution in [0.2, 0.25) is 0 Å². The van der Waals surface area contributed by atoms with Crippen molar-refractivity contribution < 1.29 is 38.7 Å². The van der Waals surface area contributed by atoms with Crippen LogP contribution in [0, 0.1) is 0 Å². The van der Waals surface area contributed by atoms with E-state index in [1.165, 1.54) is 0 Å². The topological polar surface area (TPSA) is 262 Å². The number of amides is 1. The Morgan fingerprint density at radius 1 is 0.878 bits per heavy atom. The summed E-state index contributed by atoms with van der Waals surface area (Å²) in [6.45, 7) is 4.94. The number of ether oxygens (including phenoxy) is 5. The van der Waals surface area contributed by atoms with Gasteiger partial charge in [0, 0.05) is 14.7 Å². The molecule has 0 aromatic heterocycles. The van der Waals surface area contributed by atoms with Gasteiger partial charge in [0.2, 0.25) is 0 Å². The number of nitrogens with zero attached hydrogens (tertiary/aromatic N) is 9. The fraction of sp³-hybridized carbons (Fsp3) is 0.581. The Hall–Kier alpha value is -4.60. The van der Waals surface area contributed by atoms with E-state index in [4.69, 9.17) is 29.2 Å². The third-order valence-corrected chi connectivity index (χ3v) is 7.86. The van der Waals surface area contributed by atoms with Crippen LogP contribution in [0.5, 0.6) is 0 Å². The van der Waals surface area contributed by atoms with E-state index in [-0.39, 0.29) is 26.2 Å². The average molecular weight is 681 g/mol. The van der Waals surface area contributed by atoms with E-state index in [1.54, 1.807) is 20.8 Å². The second-order valence-electron chi connectivity index (χ2n) is 12.5. The van der Waals surface area contributed by atoms with Gasteiger partial charge in [0.1, 0.15) is 36.1 Å². The molecule has 1 aliphatic heterocycles. The van der Waals surface area contributed by atoms with Crippen molar-refractivity contribution >= 4 is 6.09 Å². The van der Waals surface area contributed by atoms with Crippen molar-refractivity contribution in [3.05, 3.63) is 103 Å². The minimum absolute atomic E-state index is 0.0687. The highest BCUT2D eigenvalue weighted by molar-refractivity contribution is 5.68. The molecule has 1 heterocycles. The van der Waals surface area contributed by atoms with Gasteiger partial charge in [0.05, 0.1) is 44.1 Å². The van der Waals surface area contributed by atoms with Crippen molar-refractivity contribution in [2.45, 2.75) is 107 Å². The van der Waals surface area contributed by atoms with Crippen molar-refractivity contribution in [2.75, 3.05) is 6.54 Å². The SMILES string of the molecule is CC(C)(C)OC(=O)N[C@@H]1CC(N=[N+]=[N-])C(O[C@H]2OC(CN=[N+]=[N-])[C@@H](OCc3ccccc3)[C@@H](OCc3ccccc3)C2N=[N+]=[N-])[C@H](O)C1O. The molecule has 3 N–H and O–H groups in total. The van der Waals surface area contributed by atoms with Crippen LogP contribution >= 0.6 is 0 Å². The maximum absolute atomic E-state index is 12.5. The van der Waals surface area contributed by atoms with Crippen LogP contribution in [0.25, 0.3) is 31.3 Å². The monoisotopic (exact) mass is 680 g/mol. The molecule has 1 aliphatic carbocycles. The van der Waals surface area contributed by atoms with E-state index in [9.17, 15) is 26.1 Å². The summed E-state index contributed by atoms with van der Waals surface area (Å²) in [5, 5.41) is 36.2. The van der Waals surface area contributed by atoms with Crippen LogP contribution in [0.15, 0.2) is 76.0 Å². The van der Waals surface area contributed by atoms with Gasteiger partial charge in [-0.1, -0.05) is 76.0 Å². The van der Waals surface area contributed by atoms with Crippen molar-refractivity contribution in [3.63, 3.8) is 0 Å². The number of hydrogen-bond acceptors (Lipinski definition) is 11. The Kier molecular flexibility index (Phi) is 13.4. The predicted octanol–water partition coefficient (Wildman–Crippen LogP) is 4.95. The summed E-state index contributed by atoms with van der Waals surface area (Å²) in [5.74, 6) is 0. The van der Waals surface area contributed by atoms with Crippen LogP contribution in [0.1, 0.15) is 38.3 Å². The number of alkyl carbamates (subject to hydrolysis) is 1. The Morgan fingerprint density at radius 3 is 2.02 bits per heavy atom. The molecule has 262 valence electrons. The third-order valence-electron chi connectivity index (χ3n) is 7.86. The van der Waals surface area contributed by atoms with Crippen molar-refractivity contribution in [2.24, 2.45) is 15.3 Å². The molecule has 10 atom stereocenters. The molecule has 2 aromatic rings. The molecule has 1 saturated heterocycles. The fourth-order valence-electron chi connectivity index (χ4n) is 5.68. The van der Waals surface area contributed by atoms with Gasteiger partial charge in [-0.3, -0.25) is 0 Å². The number of azide groups is 3. The molecule has 0 radical (unpaired) electrons. The number of nitrogens with one attached hydrogen (secondary N) is 1. The molecule has 18 heteroatoms. The third kappa shape index (κ3) is 10.4. The lowest BCUT2D eigenvalue weighted by atomic mass is 9.84. The Morgan fingerprint density at radius 2 is 1.47 bits per heavy atom. The Bertz CT molecular complexity index is 1510. The van der Waals surface area contributed by atoms with Gasteiger partial charge in [-0.25, -0.2) is 4.79 Å². The summed E-state index contributed by atoms with van der Waals surface area (Å²) in [5.41, 5.74) is 29.0. The van der Waals surface area contributed by atoms with E-state index in [0.29, 0.717) is 0 Å².